The Bertz CT molecular complexity index is 1750. The largest absolute Gasteiger partial charge is 0.435 e. The molecule has 0 aliphatic carbocycles. The summed E-state index contributed by atoms with van der Waals surface area (Å²) in [5.41, 5.74) is -2.33. The van der Waals surface area contributed by atoms with Gasteiger partial charge < -0.3 is 10.2 Å². The van der Waals surface area contributed by atoms with E-state index in [1.807, 2.05) is 0 Å². The summed E-state index contributed by atoms with van der Waals surface area (Å²) in [6.45, 7) is 1.88. The van der Waals surface area contributed by atoms with Crippen LogP contribution in [0.15, 0.2) is 55.0 Å². The molecule has 0 unspecified atom stereocenters. The number of nitrogens with one attached hydrogen (secondary N) is 1. The summed E-state index contributed by atoms with van der Waals surface area (Å²) < 4.78 is 82.7. The van der Waals surface area contributed by atoms with E-state index in [2.05, 4.69) is 32.1 Å². The van der Waals surface area contributed by atoms with Gasteiger partial charge in [-0.25, -0.2) is 15.0 Å². The molecule has 1 aliphatic rings. The van der Waals surface area contributed by atoms with Crippen molar-refractivity contribution in [2.75, 3.05) is 11.9 Å². The molecule has 1 aliphatic heterocycles. The molecule has 1 fully saturated rings. The second kappa shape index (κ2) is 11.4. The average Bonchev–Trinajstić information content (AvgIpc) is 3.36. The van der Waals surface area contributed by atoms with Crippen LogP contribution in [0.25, 0.3) is 16.8 Å². The van der Waals surface area contributed by atoms with Crippen LogP contribution in [0.4, 0.5) is 32.2 Å². The molecule has 4 heterocycles. The van der Waals surface area contributed by atoms with Crippen molar-refractivity contribution in [3.8, 4) is 23.1 Å². The molecule has 8 nitrogen and oxygen atoms in total. The normalized spacial score (nSPS) is 15.6. The Labute approximate surface area is 240 Å². The lowest BCUT2D eigenvalue weighted by Crippen LogP contribution is -2.38. The molecule has 0 radical (unpaired) electrons. The summed E-state index contributed by atoms with van der Waals surface area (Å²) in [6.07, 6.45) is -4.30. The number of pyridine rings is 1. The molecule has 222 valence electrons. The number of rotatable bonds is 4. The number of hydrogen-bond donors (Lipinski definition) is 1. The molecule has 1 N–H and O–H groups in total. The second-order valence-corrected chi connectivity index (χ2v) is 9.65. The van der Waals surface area contributed by atoms with Crippen LogP contribution >= 0.6 is 0 Å². The lowest BCUT2D eigenvalue weighted by Gasteiger charge is -2.33. The van der Waals surface area contributed by atoms with E-state index in [0.717, 1.165) is 24.9 Å². The molecule has 1 aromatic carbocycles. The van der Waals surface area contributed by atoms with E-state index >= 15 is 0 Å². The highest BCUT2D eigenvalue weighted by Gasteiger charge is 2.39. The van der Waals surface area contributed by atoms with E-state index in [1.165, 1.54) is 46.7 Å². The Kier molecular flexibility index (Phi) is 7.83. The van der Waals surface area contributed by atoms with Gasteiger partial charge in [-0.1, -0.05) is 18.1 Å². The predicted molar refractivity (Wildman–Crippen MR) is 142 cm³/mol. The van der Waals surface area contributed by atoms with Crippen molar-refractivity contribution in [3.63, 3.8) is 0 Å². The SMILES string of the molecule is CC#CC(=O)N1CCCC[C@H]1c1nc(-c2ccc(C(=O)Nc3cc(C(F)(F)F)ccn3)cc2)c2c(C(F)(F)F)nccn12. The first-order valence-electron chi connectivity index (χ1n) is 13.0. The number of amides is 2. The Morgan fingerprint density at radius 3 is 2.40 bits per heavy atom. The summed E-state index contributed by atoms with van der Waals surface area (Å²) in [5, 5.41) is 2.28. The van der Waals surface area contributed by atoms with Crippen molar-refractivity contribution in [2.45, 2.75) is 44.6 Å². The predicted octanol–water partition coefficient (Wildman–Crippen LogP) is 6.16. The maximum atomic E-state index is 14.1. The minimum atomic E-state index is -4.83. The standard InChI is InChI=1S/C29H22F6N6O2/c1-2-5-22(42)40-14-4-3-6-20(40)26-39-23(24-25(29(33,34)35)37-13-15-41(24)26)17-7-9-18(10-8-17)27(43)38-21-16-19(11-12-36-21)28(30,31)32/h7-13,15-16,20H,3-4,6,14H2,1H3,(H,36,38,43)/t20-/m0/s1. The highest BCUT2D eigenvalue weighted by Crippen LogP contribution is 2.39. The number of carbonyl (C=O) groups is 2. The van der Waals surface area contributed by atoms with Gasteiger partial charge in [-0.2, -0.15) is 26.3 Å². The molecule has 43 heavy (non-hydrogen) atoms. The van der Waals surface area contributed by atoms with Gasteiger partial charge in [0, 0.05) is 36.3 Å². The number of anilines is 1. The maximum Gasteiger partial charge on any atom is 0.435 e. The fraction of sp³-hybridized carbons (Fsp3) is 0.276. The van der Waals surface area contributed by atoms with Crippen LogP contribution in [0.5, 0.6) is 0 Å². The third-order valence-corrected chi connectivity index (χ3v) is 6.89. The van der Waals surface area contributed by atoms with Crippen molar-refractivity contribution >= 4 is 23.1 Å². The molecule has 0 bridgehead atoms. The van der Waals surface area contributed by atoms with E-state index in [0.29, 0.717) is 25.5 Å². The Morgan fingerprint density at radius 1 is 0.977 bits per heavy atom. The summed E-state index contributed by atoms with van der Waals surface area (Å²) >= 11 is 0. The Morgan fingerprint density at radius 2 is 1.72 bits per heavy atom. The fourth-order valence-electron chi connectivity index (χ4n) is 4.97. The van der Waals surface area contributed by atoms with Gasteiger partial charge in [0.1, 0.15) is 17.2 Å². The van der Waals surface area contributed by atoms with Crippen LogP contribution in [0.3, 0.4) is 0 Å². The highest BCUT2D eigenvalue weighted by atomic mass is 19.4. The lowest BCUT2D eigenvalue weighted by molar-refractivity contribution is -0.140. The monoisotopic (exact) mass is 600 g/mol. The molecule has 14 heteroatoms. The molecule has 0 saturated carbocycles. The second-order valence-electron chi connectivity index (χ2n) is 9.65. The van der Waals surface area contributed by atoms with E-state index in [1.54, 1.807) is 0 Å². The van der Waals surface area contributed by atoms with E-state index in [4.69, 9.17) is 0 Å². The topological polar surface area (TPSA) is 92.5 Å². The van der Waals surface area contributed by atoms with Gasteiger partial charge in [-0.05, 0) is 56.4 Å². The first-order chi connectivity index (χ1) is 20.4. The highest BCUT2D eigenvalue weighted by molar-refractivity contribution is 6.04. The molecular weight excluding hydrogens is 578 g/mol. The number of alkyl halides is 6. The maximum absolute atomic E-state index is 14.1. The summed E-state index contributed by atoms with van der Waals surface area (Å²) in [6, 6.07) is 6.16. The van der Waals surface area contributed by atoms with Crippen molar-refractivity contribution in [1.29, 1.82) is 0 Å². The van der Waals surface area contributed by atoms with Gasteiger partial charge in [0.2, 0.25) is 0 Å². The zero-order valence-electron chi connectivity index (χ0n) is 22.4. The van der Waals surface area contributed by atoms with E-state index in [9.17, 15) is 35.9 Å². The van der Waals surface area contributed by atoms with Gasteiger partial charge in [-0.15, -0.1) is 0 Å². The first-order valence-corrected chi connectivity index (χ1v) is 13.0. The van der Waals surface area contributed by atoms with Crippen LogP contribution in [-0.4, -0.2) is 42.6 Å². The molecule has 4 aromatic rings. The molecule has 2 amide bonds. The number of hydrogen-bond acceptors (Lipinski definition) is 5. The summed E-state index contributed by atoms with van der Waals surface area (Å²) in [7, 11) is 0. The van der Waals surface area contributed by atoms with Gasteiger partial charge in [0.25, 0.3) is 11.8 Å². The number of aromatic nitrogens is 4. The first kappa shape index (κ1) is 29.6. The zero-order valence-corrected chi connectivity index (χ0v) is 22.4. The molecule has 3 aromatic heterocycles. The number of benzene rings is 1. The number of likely N-dealkylation sites (tertiary alicyclic amines) is 1. The summed E-state index contributed by atoms with van der Waals surface area (Å²) in [5.74, 6) is 3.70. The molecule has 0 spiro atoms. The fourth-order valence-corrected chi connectivity index (χ4v) is 4.97. The third kappa shape index (κ3) is 6.01. The molecule has 5 rings (SSSR count). The van der Waals surface area contributed by atoms with E-state index in [-0.39, 0.29) is 34.0 Å². The van der Waals surface area contributed by atoms with Crippen LogP contribution in [0.2, 0.25) is 0 Å². The number of halogens is 6. The summed E-state index contributed by atoms with van der Waals surface area (Å²) in [4.78, 5) is 38.9. The van der Waals surface area contributed by atoms with E-state index < -0.39 is 41.5 Å². The van der Waals surface area contributed by atoms with Gasteiger partial charge >= 0.3 is 12.4 Å². The number of nitrogens with zero attached hydrogens (tertiary/aromatic N) is 5. The van der Waals surface area contributed by atoms with Crippen molar-refractivity contribution in [1.82, 2.24) is 24.3 Å². The number of imidazole rings is 1. The smallest absolute Gasteiger partial charge is 0.322 e. The average molecular weight is 601 g/mol. The quantitative estimate of drug-likeness (QED) is 0.224. The van der Waals surface area contributed by atoms with Crippen molar-refractivity contribution in [3.05, 3.63) is 77.6 Å². The third-order valence-electron chi connectivity index (χ3n) is 6.89. The molecule has 1 atom stereocenters. The zero-order chi connectivity index (χ0) is 30.9. The minimum absolute atomic E-state index is 0.0167. The van der Waals surface area contributed by atoms with Crippen LogP contribution < -0.4 is 5.32 Å². The van der Waals surface area contributed by atoms with Gasteiger partial charge in [0.05, 0.1) is 17.3 Å². The Balaban J connectivity index is 1.54. The van der Waals surface area contributed by atoms with Crippen LogP contribution in [0, 0.1) is 11.8 Å². The molecular formula is C29H22F6N6O2. The van der Waals surface area contributed by atoms with Gasteiger partial charge in [-0.3, -0.25) is 14.0 Å². The number of piperidine rings is 1. The van der Waals surface area contributed by atoms with Crippen molar-refractivity contribution in [2.24, 2.45) is 0 Å². The molecule has 1 saturated heterocycles. The Hall–Kier alpha value is -4.93. The number of fused-ring (bicyclic) bond motifs is 1. The van der Waals surface area contributed by atoms with Crippen LogP contribution in [-0.2, 0) is 17.1 Å². The number of carbonyl (C=O) groups excluding carboxylic acids is 2. The van der Waals surface area contributed by atoms with Gasteiger partial charge in [0.15, 0.2) is 5.69 Å². The lowest BCUT2D eigenvalue weighted by atomic mass is 10.0. The van der Waals surface area contributed by atoms with Crippen LogP contribution in [0.1, 0.15) is 59.7 Å². The van der Waals surface area contributed by atoms with Crippen molar-refractivity contribution < 1.29 is 35.9 Å². The minimum Gasteiger partial charge on any atom is -0.322 e.